The van der Waals surface area contributed by atoms with Crippen LogP contribution in [0.4, 0.5) is 13.2 Å². The topological polar surface area (TPSA) is 74.3 Å². The van der Waals surface area contributed by atoms with Crippen LogP contribution in [0.5, 0.6) is 0 Å². The van der Waals surface area contributed by atoms with Crippen LogP contribution in [0.2, 0.25) is 0 Å². The van der Waals surface area contributed by atoms with Gasteiger partial charge in [0.1, 0.15) is 0 Å². The molecule has 4 nitrogen and oxygen atoms in total. The normalized spacial score (nSPS) is 12.0. The first-order valence-corrected chi connectivity index (χ1v) is 3.13. The molecule has 0 spiro atoms. The van der Waals surface area contributed by atoms with Gasteiger partial charge in [0.05, 0.1) is 0 Å². The SMILES string of the molecule is O=C(F)C(F)(F)S(=O)(=O)[O-].[Na+]. The van der Waals surface area contributed by atoms with E-state index in [1.807, 2.05) is 0 Å². The van der Waals surface area contributed by atoms with Crippen LogP contribution in [0.25, 0.3) is 0 Å². The van der Waals surface area contributed by atoms with Crippen molar-refractivity contribution in [2.75, 3.05) is 0 Å². The number of hydrogen-bond donors (Lipinski definition) is 0. The molecule has 0 N–H and O–H groups in total. The minimum Gasteiger partial charge on any atom is -0.743 e. The molecule has 0 aromatic carbocycles. The van der Waals surface area contributed by atoms with Crippen molar-refractivity contribution in [2.24, 2.45) is 0 Å². The Morgan fingerprint density at radius 3 is 1.64 bits per heavy atom. The number of alkyl halides is 2. The predicted molar refractivity (Wildman–Crippen MR) is 20.8 cm³/mol. The molecule has 0 saturated heterocycles. The van der Waals surface area contributed by atoms with Crippen molar-refractivity contribution in [1.82, 2.24) is 0 Å². The molecule has 0 aromatic heterocycles. The summed E-state index contributed by atoms with van der Waals surface area (Å²) in [7, 11) is -6.21. The number of carbonyl (C=O) groups is 1. The average molecular weight is 200 g/mol. The Morgan fingerprint density at radius 1 is 1.36 bits per heavy atom. The Labute approximate surface area is 81.8 Å². The van der Waals surface area contributed by atoms with Crippen molar-refractivity contribution in [3.8, 4) is 0 Å². The number of rotatable bonds is 2. The van der Waals surface area contributed by atoms with Gasteiger partial charge in [-0.3, -0.25) is 4.79 Å². The summed E-state index contributed by atoms with van der Waals surface area (Å²) >= 11 is 0. The molecule has 0 aromatic rings. The third-order valence-corrected chi connectivity index (χ3v) is 1.33. The van der Waals surface area contributed by atoms with Crippen molar-refractivity contribution >= 4 is 16.2 Å². The number of hydrogen-bond acceptors (Lipinski definition) is 4. The van der Waals surface area contributed by atoms with Crippen LogP contribution in [0.1, 0.15) is 0 Å². The van der Waals surface area contributed by atoms with Crippen LogP contribution in [0.3, 0.4) is 0 Å². The fourth-order valence-electron chi connectivity index (χ4n) is 0.0983. The second-order valence-corrected chi connectivity index (χ2v) is 2.67. The minimum atomic E-state index is -6.21. The van der Waals surface area contributed by atoms with Gasteiger partial charge in [-0.15, -0.1) is 0 Å². The average Bonchev–Trinajstić information content (AvgIpc) is 1.62. The molecule has 11 heavy (non-hydrogen) atoms. The van der Waals surface area contributed by atoms with Crippen LogP contribution in [0.15, 0.2) is 0 Å². The summed E-state index contributed by atoms with van der Waals surface area (Å²) < 4.78 is 61.8. The van der Waals surface area contributed by atoms with Gasteiger partial charge in [0.2, 0.25) is 0 Å². The molecule has 0 fully saturated rings. The zero-order valence-corrected chi connectivity index (χ0v) is 7.99. The molecular formula is C2F3NaO4S. The van der Waals surface area contributed by atoms with Gasteiger partial charge >= 0.3 is 40.8 Å². The third kappa shape index (κ3) is 3.08. The van der Waals surface area contributed by atoms with Crippen LogP contribution >= 0.6 is 0 Å². The summed E-state index contributed by atoms with van der Waals surface area (Å²) in [6.07, 6.45) is 0. The van der Waals surface area contributed by atoms with Crippen LogP contribution in [-0.2, 0) is 14.9 Å². The van der Waals surface area contributed by atoms with Gasteiger partial charge in [-0.2, -0.15) is 13.2 Å². The van der Waals surface area contributed by atoms with E-state index in [1.165, 1.54) is 0 Å². The zero-order valence-electron chi connectivity index (χ0n) is 5.18. The van der Waals surface area contributed by atoms with E-state index in [-0.39, 0.29) is 29.6 Å². The van der Waals surface area contributed by atoms with E-state index < -0.39 is 21.4 Å². The van der Waals surface area contributed by atoms with Gasteiger partial charge in [0, 0.05) is 0 Å². The first-order valence-electron chi connectivity index (χ1n) is 1.73. The van der Waals surface area contributed by atoms with E-state index >= 15 is 0 Å². The molecule has 9 heteroatoms. The number of carbonyl (C=O) groups excluding carboxylic acids is 1. The van der Waals surface area contributed by atoms with Crippen molar-refractivity contribution in [3.05, 3.63) is 0 Å². The van der Waals surface area contributed by atoms with Crippen LogP contribution in [0, 0.1) is 0 Å². The van der Waals surface area contributed by atoms with Crippen molar-refractivity contribution in [1.29, 1.82) is 0 Å². The quantitative estimate of drug-likeness (QED) is 0.265. The molecule has 0 radical (unpaired) electrons. The molecule has 0 aliphatic heterocycles. The summed E-state index contributed by atoms with van der Waals surface area (Å²) in [5.41, 5.74) is 0. The molecule has 0 rings (SSSR count). The molecule has 0 unspecified atom stereocenters. The molecule has 0 aliphatic carbocycles. The molecule has 0 heterocycles. The smallest absolute Gasteiger partial charge is 0.743 e. The van der Waals surface area contributed by atoms with Gasteiger partial charge in [0.15, 0.2) is 10.1 Å². The summed E-state index contributed by atoms with van der Waals surface area (Å²) in [6, 6.07) is -3.47. The van der Waals surface area contributed by atoms with E-state index in [0.29, 0.717) is 0 Å². The van der Waals surface area contributed by atoms with Crippen molar-refractivity contribution in [2.45, 2.75) is 5.25 Å². The Morgan fingerprint density at radius 2 is 1.64 bits per heavy atom. The summed E-state index contributed by atoms with van der Waals surface area (Å²) in [4.78, 5) is 9.12. The standard InChI is InChI=1S/C2HF3O4S.Na/c3-1(6)2(4,5)10(7,8)9;/h(H,7,8,9);/q;+1/p-1. The Kier molecular flexibility index (Phi) is 4.88. The maximum atomic E-state index is 11.4. The first kappa shape index (κ1) is 13.9. The van der Waals surface area contributed by atoms with E-state index in [1.54, 1.807) is 0 Å². The van der Waals surface area contributed by atoms with Crippen LogP contribution < -0.4 is 29.6 Å². The molecule has 0 aliphatic rings. The summed E-state index contributed by atoms with van der Waals surface area (Å²) in [5, 5.41) is -5.45. The maximum Gasteiger partial charge on any atom is 1.00 e. The summed E-state index contributed by atoms with van der Waals surface area (Å²) in [6.45, 7) is 0. The largest absolute Gasteiger partial charge is 1.00 e. The minimum absolute atomic E-state index is 0. The Balaban J connectivity index is 0. The first-order chi connectivity index (χ1) is 4.19. The molecular weight excluding hydrogens is 200 g/mol. The zero-order chi connectivity index (χ0) is 8.58. The molecule has 0 amide bonds. The van der Waals surface area contributed by atoms with Gasteiger partial charge in [-0.25, -0.2) is 8.42 Å². The van der Waals surface area contributed by atoms with Gasteiger partial charge in [-0.05, 0) is 0 Å². The van der Waals surface area contributed by atoms with Gasteiger partial charge in [-0.1, -0.05) is 0 Å². The van der Waals surface area contributed by atoms with E-state index in [0.717, 1.165) is 0 Å². The van der Waals surface area contributed by atoms with E-state index in [4.69, 9.17) is 4.79 Å². The van der Waals surface area contributed by atoms with Gasteiger partial charge in [0.25, 0.3) is 0 Å². The molecule has 60 valence electrons. The second-order valence-electron chi connectivity index (χ2n) is 1.24. The van der Waals surface area contributed by atoms with Crippen molar-refractivity contribution < 1.29 is 60.5 Å². The van der Waals surface area contributed by atoms with Crippen LogP contribution in [-0.4, -0.2) is 24.3 Å². The third-order valence-electron chi connectivity index (χ3n) is 0.543. The van der Waals surface area contributed by atoms with Crippen molar-refractivity contribution in [3.63, 3.8) is 0 Å². The number of halogens is 3. The summed E-state index contributed by atoms with van der Waals surface area (Å²) in [5.74, 6) is 0. The fraction of sp³-hybridized carbons (Fsp3) is 0.500. The van der Waals surface area contributed by atoms with E-state index in [9.17, 15) is 26.1 Å². The Bertz CT molecular complexity index is 246. The predicted octanol–water partition coefficient (Wildman–Crippen LogP) is -3.38. The maximum absolute atomic E-state index is 11.4. The molecule has 0 bridgehead atoms. The monoisotopic (exact) mass is 200 g/mol. The molecule has 0 saturated carbocycles. The molecule has 0 atom stereocenters. The second kappa shape index (κ2) is 3.85. The van der Waals surface area contributed by atoms with Gasteiger partial charge < -0.3 is 4.55 Å². The fourth-order valence-corrected chi connectivity index (χ4v) is 0.295. The van der Waals surface area contributed by atoms with E-state index in [2.05, 4.69) is 0 Å². The Hall–Kier alpha value is 0.370.